The summed E-state index contributed by atoms with van der Waals surface area (Å²) < 4.78 is 0. The Morgan fingerprint density at radius 1 is 0.778 bits per heavy atom. The Bertz CT molecular complexity index is 407. The maximum atomic E-state index is 12.1. The molecule has 0 aromatic carbocycles. The SMILES string of the molecule is CC1C2=C(N(C)C(=O)N1C)N(C)C(=O)N(C)C2C. The molecule has 0 aliphatic carbocycles. The van der Waals surface area contributed by atoms with Crippen LogP contribution in [-0.2, 0) is 0 Å². The van der Waals surface area contributed by atoms with E-state index in [1.165, 1.54) is 0 Å². The fourth-order valence-corrected chi connectivity index (χ4v) is 2.74. The molecular formula is C12H20N4O2. The van der Waals surface area contributed by atoms with E-state index < -0.39 is 0 Å². The number of amides is 4. The molecule has 0 fully saturated rings. The van der Waals surface area contributed by atoms with Crippen molar-refractivity contribution in [3.8, 4) is 0 Å². The van der Waals surface area contributed by atoms with E-state index >= 15 is 0 Å². The van der Waals surface area contributed by atoms with Gasteiger partial charge in [-0.15, -0.1) is 0 Å². The number of likely N-dealkylation sites (N-methyl/N-ethyl adjacent to an activating group) is 2. The summed E-state index contributed by atoms with van der Waals surface area (Å²) in [6.07, 6.45) is 0. The van der Waals surface area contributed by atoms with Crippen molar-refractivity contribution < 1.29 is 9.59 Å². The molecule has 100 valence electrons. The van der Waals surface area contributed by atoms with Gasteiger partial charge in [0.05, 0.1) is 12.1 Å². The standard InChI is InChI=1S/C12H20N4O2/c1-7-9-8(2)14(4)12(18)16(6)10(9)15(5)11(17)13(7)3/h7-8H,1-6H3. The van der Waals surface area contributed by atoms with Crippen LogP contribution in [0.25, 0.3) is 0 Å². The lowest BCUT2D eigenvalue weighted by molar-refractivity contribution is 0.111. The van der Waals surface area contributed by atoms with Crippen molar-refractivity contribution in [2.24, 2.45) is 0 Å². The van der Waals surface area contributed by atoms with Gasteiger partial charge in [-0.2, -0.15) is 0 Å². The molecule has 0 saturated carbocycles. The van der Waals surface area contributed by atoms with Gasteiger partial charge >= 0.3 is 12.1 Å². The minimum absolute atomic E-state index is 0.00306. The first kappa shape index (κ1) is 12.7. The van der Waals surface area contributed by atoms with Gasteiger partial charge in [0, 0.05) is 33.8 Å². The topological polar surface area (TPSA) is 47.1 Å². The lowest BCUT2D eigenvalue weighted by Gasteiger charge is -2.49. The second-order valence-electron chi connectivity index (χ2n) is 5.04. The second-order valence-corrected chi connectivity index (χ2v) is 5.04. The summed E-state index contributed by atoms with van der Waals surface area (Å²) in [7, 11) is 7.00. The molecule has 0 spiro atoms. The smallest absolute Gasteiger partial charge is 0.321 e. The Hall–Kier alpha value is -1.72. The van der Waals surface area contributed by atoms with E-state index in [1.54, 1.807) is 47.8 Å². The third kappa shape index (κ3) is 1.41. The molecule has 2 rings (SSSR count). The van der Waals surface area contributed by atoms with Crippen LogP contribution < -0.4 is 0 Å². The second kappa shape index (κ2) is 3.90. The van der Waals surface area contributed by atoms with E-state index in [1.807, 2.05) is 13.8 Å². The summed E-state index contributed by atoms with van der Waals surface area (Å²) in [6, 6.07) is -0.177. The number of nitrogens with zero attached hydrogens (tertiary/aromatic N) is 4. The molecule has 4 amide bonds. The largest absolute Gasteiger partial charge is 0.325 e. The molecule has 6 heteroatoms. The predicted octanol–water partition coefficient (Wildman–Crippen LogP) is 0.969. The van der Waals surface area contributed by atoms with Gasteiger partial charge in [0.25, 0.3) is 0 Å². The average molecular weight is 252 g/mol. The lowest BCUT2D eigenvalue weighted by Crippen LogP contribution is -2.61. The zero-order valence-corrected chi connectivity index (χ0v) is 11.8. The minimum atomic E-state index is -0.0855. The van der Waals surface area contributed by atoms with Crippen molar-refractivity contribution in [2.45, 2.75) is 25.9 Å². The fourth-order valence-electron chi connectivity index (χ4n) is 2.74. The first-order chi connectivity index (χ1) is 8.29. The summed E-state index contributed by atoms with van der Waals surface area (Å²) in [5.41, 5.74) is 1.10. The molecule has 6 nitrogen and oxygen atoms in total. The maximum absolute atomic E-state index is 12.1. The first-order valence-corrected chi connectivity index (χ1v) is 6.04. The number of hydrogen-bond acceptors (Lipinski definition) is 2. The molecule has 18 heavy (non-hydrogen) atoms. The Morgan fingerprint density at radius 2 is 1.11 bits per heavy atom. The molecule has 0 saturated heterocycles. The molecule has 0 aromatic rings. The molecule has 0 radical (unpaired) electrons. The van der Waals surface area contributed by atoms with E-state index in [2.05, 4.69) is 0 Å². The van der Waals surface area contributed by atoms with Crippen molar-refractivity contribution in [2.75, 3.05) is 28.2 Å². The molecule has 2 unspecified atom stereocenters. The number of carbonyl (C=O) groups is 2. The highest BCUT2D eigenvalue weighted by atomic mass is 16.2. The van der Waals surface area contributed by atoms with Crippen LogP contribution in [0.5, 0.6) is 0 Å². The maximum Gasteiger partial charge on any atom is 0.325 e. The number of rotatable bonds is 0. The van der Waals surface area contributed by atoms with Crippen molar-refractivity contribution in [3.05, 3.63) is 11.4 Å². The highest BCUT2D eigenvalue weighted by molar-refractivity contribution is 5.84. The Labute approximate surface area is 107 Å². The summed E-state index contributed by atoms with van der Waals surface area (Å²) in [4.78, 5) is 30.7. The van der Waals surface area contributed by atoms with Crippen molar-refractivity contribution in [1.29, 1.82) is 0 Å². The zero-order valence-electron chi connectivity index (χ0n) is 11.8. The van der Waals surface area contributed by atoms with Crippen LogP contribution in [0.15, 0.2) is 11.4 Å². The van der Waals surface area contributed by atoms with Gasteiger partial charge < -0.3 is 9.80 Å². The van der Waals surface area contributed by atoms with Crippen LogP contribution in [0.4, 0.5) is 9.59 Å². The Balaban J connectivity index is 2.61. The zero-order chi connectivity index (χ0) is 13.8. The monoisotopic (exact) mass is 252 g/mol. The summed E-state index contributed by atoms with van der Waals surface area (Å²) in [5.74, 6) is 0.723. The lowest BCUT2D eigenvalue weighted by atomic mass is 9.95. The van der Waals surface area contributed by atoms with Crippen LogP contribution in [-0.4, -0.2) is 71.9 Å². The number of hydrogen-bond donors (Lipinski definition) is 0. The minimum Gasteiger partial charge on any atom is -0.321 e. The predicted molar refractivity (Wildman–Crippen MR) is 67.8 cm³/mol. The van der Waals surface area contributed by atoms with E-state index in [4.69, 9.17) is 0 Å². The quantitative estimate of drug-likeness (QED) is 0.645. The van der Waals surface area contributed by atoms with Gasteiger partial charge in [-0.1, -0.05) is 0 Å². The van der Waals surface area contributed by atoms with E-state index in [0.29, 0.717) is 0 Å². The molecule has 2 heterocycles. The normalized spacial score (nSPS) is 29.2. The summed E-state index contributed by atoms with van der Waals surface area (Å²) in [6.45, 7) is 3.99. The van der Waals surface area contributed by atoms with Gasteiger partial charge in [-0.25, -0.2) is 9.59 Å². The molecule has 2 aliphatic rings. The van der Waals surface area contributed by atoms with Gasteiger partial charge in [0.15, 0.2) is 0 Å². The van der Waals surface area contributed by atoms with Crippen LogP contribution in [0.2, 0.25) is 0 Å². The van der Waals surface area contributed by atoms with Crippen LogP contribution in [0.1, 0.15) is 13.8 Å². The van der Waals surface area contributed by atoms with Crippen molar-refractivity contribution >= 4 is 12.1 Å². The average Bonchev–Trinajstić information content (AvgIpc) is 2.35. The van der Waals surface area contributed by atoms with Crippen molar-refractivity contribution in [1.82, 2.24) is 19.6 Å². The number of urea groups is 2. The summed E-state index contributed by atoms with van der Waals surface area (Å²) in [5, 5.41) is 0. The van der Waals surface area contributed by atoms with Gasteiger partial charge in [0.2, 0.25) is 0 Å². The van der Waals surface area contributed by atoms with Gasteiger partial charge in [-0.05, 0) is 13.8 Å². The summed E-state index contributed by atoms with van der Waals surface area (Å²) >= 11 is 0. The molecule has 2 aliphatic heterocycles. The van der Waals surface area contributed by atoms with E-state index in [0.717, 1.165) is 11.4 Å². The fraction of sp³-hybridized carbons (Fsp3) is 0.667. The Morgan fingerprint density at radius 3 is 1.44 bits per heavy atom. The molecule has 0 aromatic heterocycles. The van der Waals surface area contributed by atoms with E-state index in [9.17, 15) is 9.59 Å². The molecule has 0 N–H and O–H groups in total. The molecule has 2 atom stereocenters. The van der Waals surface area contributed by atoms with Crippen molar-refractivity contribution in [3.63, 3.8) is 0 Å². The highest BCUT2D eigenvalue weighted by Gasteiger charge is 2.43. The van der Waals surface area contributed by atoms with E-state index in [-0.39, 0.29) is 24.1 Å². The van der Waals surface area contributed by atoms with Crippen LogP contribution in [0, 0.1) is 0 Å². The van der Waals surface area contributed by atoms with Crippen LogP contribution >= 0.6 is 0 Å². The van der Waals surface area contributed by atoms with Crippen LogP contribution in [0.3, 0.4) is 0 Å². The van der Waals surface area contributed by atoms with Gasteiger partial charge in [-0.3, -0.25) is 9.80 Å². The van der Waals surface area contributed by atoms with Gasteiger partial charge in [0.1, 0.15) is 5.82 Å². The number of carbonyl (C=O) groups excluding carboxylic acids is 2. The third-order valence-electron chi connectivity index (χ3n) is 4.13. The molecular weight excluding hydrogens is 232 g/mol. The third-order valence-corrected chi connectivity index (χ3v) is 4.13. The molecule has 0 bridgehead atoms. The highest BCUT2D eigenvalue weighted by Crippen LogP contribution is 2.33. The Kier molecular flexibility index (Phi) is 2.76. The first-order valence-electron chi connectivity index (χ1n) is 6.04.